The van der Waals surface area contributed by atoms with Crippen LogP contribution in [0.5, 0.6) is 0 Å². The van der Waals surface area contributed by atoms with E-state index >= 15 is 0 Å². The Morgan fingerprint density at radius 3 is 2.46 bits per heavy atom. The maximum atomic E-state index is 11.7. The smallest absolute Gasteiger partial charge is 0.226 e. The number of nitrogens with one attached hydrogen (secondary N) is 3. The Labute approximate surface area is 159 Å². The van der Waals surface area contributed by atoms with E-state index in [0.29, 0.717) is 6.54 Å². The van der Waals surface area contributed by atoms with E-state index in [0.717, 1.165) is 30.3 Å². The van der Waals surface area contributed by atoms with Crippen molar-refractivity contribution >= 4 is 28.9 Å². The van der Waals surface area contributed by atoms with Crippen molar-refractivity contribution in [3.05, 3.63) is 51.7 Å². The van der Waals surface area contributed by atoms with Crippen molar-refractivity contribution in [2.45, 2.75) is 40.8 Å². The second-order valence-corrected chi connectivity index (χ2v) is 7.42. The van der Waals surface area contributed by atoms with Gasteiger partial charge in [-0.1, -0.05) is 26.0 Å². The molecule has 0 fully saturated rings. The van der Waals surface area contributed by atoms with Crippen LogP contribution in [0, 0.1) is 12.8 Å². The average molecular weight is 373 g/mol. The zero-order valence-electron chi connectivity index (χ0n) is 15.9. The monoisotopic (exact) mass is 372 g/mol. The number of hydrogen-bond donors (Lipinski definition) is 3. The van der Waals surface area contributed by atoms with Crippen LogP contribution >= 0.6 is 11.3 Å². The number of thiophene rings is 1. The third-order valence-electron chi connectivity index (χ3n) is 3.89. The number of carbonyl (C=O) groups excluding carboxylic acids is 1. The van der Waals surface area contributed by atoms with Crippen LogP contribution in [-0.4, -0.2) is 18.4 Å². The van der Waals surface area contributed by atoms with Crippen molar-refractivity contribution < 1.29 is 4.79 Å². The third-order valence-corrected chi connectivity index (χ3v) is 4.92. The number of aliphatic imine (C=N–C) groups is 1. The molecule has 1 aromatic carbocycles. The minimum atomic E-state index is -0.0278. The van der Waals surface area contributed by atoms with Crippen molar-refractivity contribution in [3.8, 4) is 0 Å². The molecule has 26 heavy (non-hydrogen) atoms. The molecule has 0 saturated carbocycles. The van der Waals surface area contributed by atoms with E-state index in [1.54, 1.807) is 11.3 Å². The van der Waals surface area contributed by atoms with Gasteiger partial charge in [-0.05, 0) is 48.6 Å². The predicted molar refractivity (Wildman–Crippen MR) is 111 cm³/mol. The quantitative estimate of drug-likeness (QED) is 0.510. The molecule has 0 atom stereocenters. The molecule has 0 radical (unpaired) electrons. The van der Waals surface area contributed by atoms with Crippen LogP contribution in [0.3, 0.4) is 0 Å². The average Bonchev–Trinajstić information content (AvgIpc) is 3.03. The van der Waals surface area contributed by atoms with Crippen LogP contribution in [0.15, 0.2) is 40.7 Å². The summed E-state index contributed by atoms with van der Waals surface area (Å²) in [5.74, 6) is 0.802. The number of hydrogen-bond acceptors (Lipinski definition) is 3. The molecule has 2 rings (SSSR count). The number of guanidine groups is 1. The number of aryl methyl sites for hydroxylation is 1. The molecular weight excluding hydrogens is 344 g/mol. The molecule has 1 amide bonds. The predicted octanol–water partition coefficient (Wildman–Crippen LogP) is 3.91. The van der Waals surface area contributed by atoms with Crippen LogP contribution < -0.4 is 16.0 Å². The van der Waals surface area contributed by atoms with E-state index in [1.807, 2.05) is 38.1 Å². The number of anilines is 1. The van der Waals surface area contributed by atoms with E-state index in [4.69, 9.17) is 0 Å². The van der Waals surface area contributed by atoms with Gasteiger partial charge >= 0.3 is 0 Å². The van der Waals surface area contributed by atoms with Gasteiger partial charge in [-0.2, -0.15) is 0 Å². The van der Waals surface area contributed by atoms with E-state index < -0.39 is 0 Å². The Kier molecular flexibility index (Phi) is 7.66. The molecule has 5 nitrogen and oxygen atoms in total. The first-order valence-corrected chi connectivity index (χ1v) is 9.82. The summed E-state index contributed by atoms with van der Waals surface area (Å²) < 4.78 is 0. The van der Waals surface area contributed by atoms with Crippen LogP contribution in [0.2, 0.25) is 0 Å². The van der Waals surface area contributed by atoms with E-state index in [-0.39, 0.29) is 11.8 Å². The molecule has 0 bridgehead atoms. The highest BCUT2D eigenvalue weighted by atomic mass is 32.1. The Morgan fingerprint density at radius 1 is 1.15 bits per heavy atom. The first kappa shape index (κ1) is 20.0. The molecule has 0 unspecified atom stereocenters. The van der Waals surface area contributed by atoms with Crippen molar-refractivity contribution in [3.63, 3.8) is 0 Å². The van der Waals surface area contributed by atoms with Gasteiger partial charge in [-0.15, -0.1) is 11.3 Å². The van der Waals surface area contributed by atoms with Crippen molar-refractivity contribution in [2.75, 3.05) is 11.9 Å². The largest absolute Gasteiger partial charge is 0.357 e. The fourth-order valence-corrected chi connectivity index (χ4v) is 3.09. The summed E-state index contributed by atoms with van der Waals surface area (Å²) in [4.78, 5) is 17.7. The lowest BCUT2D eigenvalue weighted by atomic mass is 10.2. The summed E-state index contributed by atoms with van der Waals surface area (Å²) in [7, 11) is 0. The molecule has 0 spiro atoms. The molecule has 0 aliphatic rings. The van der Waals surface area contributed by atoms with Gasteiger partial charge in [0.1, 0.15) is 0 Å². The molecule has 1 heterocycles. The SMILES string of the molecule is CCNC(=NCc1ccc(NC(=O)C(C)C)cc1)NCc1sccc1C. The first-order chi connectivity index (χ1) is 12.5. The van der Waals surface area contributed by atoms with Crippen LogP contribution in [0.4, 0.5) is 5.69 Å². The zero-order valence-corrected chi connectivity index (χ0v) is 16.7. The zero-order chi connectivity index (χ0) is 18.9. The second kappa shape index (κ2) is 9.97. The summed E-state index contributed by atoms with van der Waals surface area (Å²) in [5, 5.41) is 11.7. The molecule has 140 valence electrons. The summed E-state index contributed by atoms with van der Waals surface area (Å²) in [6.45, 7) is 10.1. The van der Waals surface area contributed by atoms with Gasteiger partial charge < -0.3 is 16.0 Å². The van der Waals surface area contributed by atoms with Gasteiger partial charge in [-0.25, -0.2) is 4.99 Å². The van der Waals surface area contributed by atoms with E-state index in [1.165, 1.54) is 10.4 Å². The normalized spacial score (nSPS) is 11.5. The molecule has 2 aromatic rings. The summed E-state index contributed by atoms with van der Waals surface area (Å²) in [6, 6.07) is 9.95. The molecule has 6 heteroatoms. The van der Waals surface area contributed by atoms with Crippen LogP contribution in [0.1, 0.15) is 36.8 Å². The maximum Gasteiger partial charge on any atom is 0.226 e. The Balaban J connectivity index is 1.93. The summed E-state index contributed by atoms with van der Waals surface area (Å²) >= 11 is 1.75. The topological polar surface area (TPSA) is 65.5 Å². The van der Waals surface area contributed by atoms with Crippen molar-refractivity contribution in [2.24, 2.45) is 10.9 Å². The lowest BCUT2D eigenvalue weighted by molar-refractivity contribution is -0.118. The number of nitrogens with zero attached hydrogens (tertiary/aromatic N) is 1. The van der Waals surface area contributed by atoms with Gasteiger partial charge in [0.15, 0.2) is 5.96 Å². The van der Waals surface area contributed by atoms with Gasteiger partial charge in [0.25, 0.3) is 0 Å². The Hall–Kier alpha value is -2.34. The molecule has 0 aliphatic carbocycles. The molecule has 1 aromatic heterocycles. The van der Waals surface area contributed by atoms with Gasteiger partial charge in [0.2, 0.25) is 5.91 Å². The number of carbonyl (C=O) groups is 1. The third kappa shape index (κ3) is 6.19. The summed E-state index contributed by atoms with van der Waals surface area (Å²) in [6.07, 6.45) is 0. The van der Waals surface area contributed by atoms with Crippen molar-refractivity contribution in [1.82, 2.24) is 10.6 Å². The van der Waals surface area contributed by atoms with E-state index in [2.05, 4.69) is 46.2 Å². The second-order valence-electron chi connectivity index (χ2n) is 6.42. The number of benzene rings is 1. The van der Waals surface area contributed by atoms with Crippen LogP contribution in [0.25, 0.3) is 0 Å². The molecule has 0 saturated heterocycles. The number of rotatable bonds is 7. The Bertz CT molecular complexity index is 735. The maximum absolute atomic E-state index is 11.7. The lowest BCUT2D eigenvalue weighted by Crippen LogP contribution is -2.36. The summed E-state index contributed by atoms with van der Waals surface area (Å²) in [5.41, 5.74) is 3.21. The fourth-order valence-electron chi connectivity index (χ4n) is 2.24. The molecule has 3 N–H and O–H groups in total. The number of amides is 1. The van der Waals surface area contributed by atoms with Gasteiger partial charge in [0, 0.05) is 23.0 Å². The molecule has 0 aliphatic heterocycles. The van der Waals surface area contributed by atoms with E-state index in [9.17, 15) is 4.79 Å². The van der Waals surface area contributed by atoms with Gasteiger partial charge in [0.05, 0.1) is 13.1 Å². The highest BCUT2D eigenvalue weighted by Crippen LogP contribution is 2.15. The van der Waals surface area contributed by atoms with Crippen LogP contribution in [-0.2, 0) is 17.9 Å². The molecular formula is C20H28N4OS. The lowest BCUT2D eigenvalue weighted by Gasteiger charge is -2.11. The first-order valence-electron chi connectivity index (χ1n) is 8.94. The Morgan fingerprint density at radius 2 is 1.88 bits per heavy atom. The fraction of sp³-hybridized carbons (Fsp3) is 0.400. The minimum Gasteiger partial charge on any atom is -0.357 e. The van der Waals surface area contributed by atoms with Gasteiger partial charge in [-0.3, -0.25) is 4.79 Å². The van der Waals surface area contributed by atoms with Crippen molar-refractivity contribution in [1.29, 1.82) is 0 Å². The highest BCUT2D eigenvalue weighted by Gasteiger charge is 2.07. The minimum absolute atomic E-state index is 0.0262. The standard InChI is InChI=1S/C20H28N4OS/c1-5-21-20(23-13-18-15(4)10-11-26-18)22-12-16-6-8-17(9-7-16)24-19(25)14(2)3/h6-11,14H,5,12-13H2,1-4H3,(H,24,25)(H2,21,22,23). The highest BCUT2D eigenvalue weighted by molar-refractivity contribution is 7.10.